The molecule has 0 bridgehead atoms. The Labute approximate surface area is 249 Å². The molecule has 2 heterocycles. The number of hydrogen-bond acceptors (Lipinski definition) is 8. The zero-order valence-corrected chi connectivity index (χ0v) is 25.6. The summed E-state index contributed by atoms with van der Waals surface area (Å²) in [7, 11) is 4.51. The Morgan fingerprint density at radius 3 is 2.12 bits per heavy atom. The molecule has 2 aliphatic heterocycles. The zero-order chi connectivity index (χ0) is 30.1. The lowest BCUT2D eigenvalue weighted by Gasteiger charge is -2.38. The van der Waals surface area contributed by atoms with E-state index in [1.54, 1.807) is 20.3 Å². The minimum absolute atomic E-state index is 0.315. The van der Waals surface area contributed by atoms with Gasteiger partial charge in [-0.15, -0.1) is 0 Å². The Hall–Kier alpha value is -3.78. The fourth-order valence-corrected chi connectivity index (χ4v) is 6.07. The van der Waals surface area contributed by atoms with Crippen LogP contribution >= 0.6 is 0 Å². The second kappa shape index (κ2) is 14.9. The molecule has 2 aromatic rings. The highest BCUT2D eigenvalue weighted by atomic mass is 16.5. The van der Waals surface area contributed by atoms with Gasteiger partial charge in [-0.2, -0.15) is 0 Å². The van der Waals surface area contributed by atoms with Gasteiger partial charge < -0.3 is 28.7 Å². The number of benzene rings is 2. The van der Waals surface area contributed by atoms with Crippen LogP contribution in [-0.4, -0.2) is 75.9 Å². The Balaban J connectivity index is 1.68. The molecule has 0 radical (unpaired) electrons. The van der Waals surface area contributed by atoms with Crippen LogP contribution < -0.4 is 9.47 Å². The second-order valence-electron chi connectivity index (χ2n) is 10.8. The summed E-state index contributed by atoms with van der Waals surface area (Å²) in [6.45, 7) is 7.92. The third kappa shape index (κ3) is 7.16. The SMILES string of the molecule is COC(=O)C1=C(C)N(CCCc2ccccc2)C(C)=C(C(=O)OCCCN2CCCC2)C1c1ccc(OC)c(OC)c1. The monoisotopic (exact) mass is 576 g/mol. The summed E-state index contributed by atoms with van der Waals surface area (Å²) in [6, 6.07) is 15.8. The highest BCUT2D eigenvalue weighted by Crippen LogP contribution is 2.44. The molecule has 0 amide bonds. The normalized spacial score (nSPS) is 17.5. The number of carbonyl (C=O) groups is 2. The first-order valence-corrected chi connectivity index (χ1v) is 14.8. The van der Waals surface area contributed by atoms with Crippen LogP contribution in [0.5, 0.6) is 11.5 Å². The van der Waals surface area contributed by atoms with Gasteiger partial charge in [0.25, 0.3) is 0 Å². The fraction of sp³-hybridized carbons (Fsp3) is 0.471. The predicted octanol–water partition coefficient (Wildman–Crippen LogP) is 5.49. The lowest BCUT2D eigenvalue weighted by molar-refractivity contribution is -0.139. The van der Waals surface area contributed by atoms with E-state index in [1.165, 1.54) is 25.5 Å². The Morgan fingerprint density at radius 1 is 0.810 bits per heavy atom. The van der Waals surface area contributed by atoms with Crippen molar-refractivity contribution in [3.8, 4) is 11.5 Å². The molecule has 226 valence electrons. The van der Waals surface area contributed by atoms with E-state index in [-0.39, 0.29) is 0 Å². The van der Waals surface area contributed by atoms with Crippen molar-refractivity contribution in [2.75, 3.05) is 54.1 Å². The summed E-state index contributed by atoms with van der Waals surface area (Å²) < 4.78 is 22.2. The number of likely N-dealkylation sites (tertiary alicyclic amines) is 1. The highest BCUT2D eigenvalue weighted by molar-refractivity contribution is 6.00. The topological polar surface area (TPSA) is 77.5 Å². The lowest BCUT2D eigenvalue weighted by atomic mass is 9.79. The van der Waals surface area contributed by atoms with Crippen LogP contribution in [0.25, 0.3) is 0 Å². The van der Waals surface area contributed by atoms with Crippen LogP contribution in [0, 0.1) is 0 Å². The first-order valence-electron chi connectivity index (χ1n) is 14.8. The predicted molar refractivity (Wildman–Crippen MR) is 162 cm³/mol. The molecule has 0 saturated carbocycles. The first-order chi connectivity index (χ1) is 20.4. The number of rotatable bonds is 13. The Kier molecular flexibility index (Phi) is 11.1. The van der Waals surface area contributed by atoms with E-state index in [1.807, 2.05) is 44.2 Å². The molecule has 0 N–H and O–H groups in total. The van der Waals surface area contributed by atoms with Gasteiger partial charge >= 0.3 is 11.9 Å². The molecule has 0 spiro atoms. The third-order valence-corrected chi connectivity index (χ3v) is 8.27. The van der Waals surface area contributed by atoms with E-state index in [4.69, 9.17) is 18.9 Å². The van der Waals surface area contributed by atoms with Gasteiger partial charge in [0.15, 0.2) is 11.5 Å². The molecule has 1 unspecified atom stereocenters. The summed E-state index contributed by atoms with van der Waals surface area (Å²) in [5.41, 5.74) is 4.36. The average molecular weight is 577 g/mol. The van der Waals surface area contributed by atoms with Crippen molar-refractivity contribution in [1.29, 1.82) is 0 Å². The van der Waals surface area contributed by atoms with Gasteiger partial charge in [0, 0.05) is 24.5 Å². The maximum Gasteiger partial charge on any atom is 0.336 e. The van der Waals surface area contributed by atoms with E-state index in [0.717, 1.165) is 55.9 Å². The summed E-state index contributed by atoms with van der Waals surface area (Å²) >= 11 is 0. The Morgan fingerprint density at radius 2 is 1.48 bits per heavy atom. The summed E-state index contributed by atoms with van der Waals surface area (Å²) in [5, 5.41) is 0. The molecule has 1 fully saturated rings. The van der Waals surface area contributed by atoms with Crippen LogP contribution in [0.4, 0.5) is 0 Å². The van der Waals surface area contributed by atoms with E-state index < -0.39 is 17.9 Å². The fourth-order valence-electron chi connectivity index (χ4n) is 6.07. The maximum atomic E-state index is 13.9. The van der Waals surface area contributed by atoms with Crippen molar-refractivity contribution in [1.82, 2.24) is 9.80 Å². The third-order valence-electron chi connectivity index (χ3n) is 8.27. The molecule has 4 rings (SSSR count). The molecule has 8 heteroatoms. The molecular weight excluding hydrogens is 532 g/mol. The van der Waals surface area contributed by atoms with E-state index >= 15 is 0 Å². The average Bonchev–Trinajstić information content (AvgIpc) is 3.54. The van der Waals surface area contributed by atoms with Crippen molar-refractivity contribution < 1.29 is 28.5 Å². The number of esters is 2. The van der Waals surface area contributed by atoms with Gasteiger partial charge in [-0.25, -0.2) is 9.59 Å². The molecule has 2 aromatic carbocycles. The maximum absolute atomic E-state index is 13.9. The van der Waals surface area contributed by atoms with Crippen LogP contribution in [0.2, 0.25) is 0 Å². The van der Waals surface area contributed by atoms with Gasteiger partial charge in [0.05, 0.1) is 45.0 Å². The lowest BCUT2D eigenvalue weighted by Crippen LogP contribution is -2.36. The zero-order valence-electron chi connectivity index (χ0n) is 25.6. The van der Waals surface area contributed by atoms with Gasteiger partial charge in [-0.05, 0) is 82.3 Å². The van der Waals surface area contributed by atoms with Gasteiger partial charge in [-0.1, -0.05) is 36.4 Å². The van der Waals surface area contributed by atoms with E-state index in [0.29, 0.717) is 35.8 Å². The molecule has 0 aliphatic carbocycles. The van der Waals surface area contributed by atoms with Gasteiger partial charge in [-0.3, -0.25) is 0 Å². The van der Waals surface area contributed by atoms with Gasteiger partial charge in [0.2, 0.25) is 0 Å². The first kappa shape index (κ1) is 31.2. The minimum atomic E-state index is -0.686. The van der Waals surface area contributed by atoms with Crippen LogP contribution in [0.3, 0.4) is 0 Å². The van der Waals surface area contributed by atoms with Gasteiger partial charge in [0.1, 0.15) is 0 Å². The largest absolute Gasteiger partial charge is 0.493 e. The second-order valence-corrected chi connectivity index (χ2v) is 10.8. The van der Waals surface area contributed by atoms with Crippen molar-refractivity contribution in [3.05, 3.63) is 82.2 Å². The molecular formula is C34H44N2O6. The number of aryl methyl sites for hydroxylation is 1. The van der Waals surface area contributed by atoms with Crippen LogP contribution in [-0.2, 0) is 25.5 Å². The Bertz CT molecular complexity index is 1300. The summed E-state index contributed by atoms with van der Waals surface area (Å²) in [5.74, 6) is -0.513. The number of hydrogen-bond donors (Lipinski definition) is 0. The number of nitrogens with zero attached hydrogens (tertiary/aromatic N) is 2. The van der Waals surface area contributed by atoms with E-state index in [2.05, 4.69) is 21.9 Å². The standard InChI is InChI=1S/C34H44N2O6/c1-24-30(33(37)41-5)32(27-16-17-28(39-3)29(23-27)40-4)31(34(38)42-22-12-20-35-18-9-10-19-35)25(2)36(24)21-11-15-26-13-7-6-8-14-26/h6-8,13-14,16-17,23,32H,9-12,15,18-22H2,1-5H3. The number of carbonyl (C=O) groups excluding carboxylic acids is 2. The molecule has 42 heavy (non-hydrogen) atoms. The van der Waals surface area contributed by atoms with Crippen LogP contribution in [0.1, 0.15) is 56.6 Å². The smallest absolute Gasteiger partial charge is 0.336 e. The van der Waals surface area contributed by atoms with Crippen molar-refractivity contribution >= 4 is 11.9 Å². The quantitative estimate of drug-likeness (QED) is 0.229. The molecule has 0 aromatic heterocycles. The van der Waals surface area contributed by atoms with Crippen molar-refractivity contribution in [3.63, 3.8) is 0 Å². The summed E-state index contributed by atoms with van der Waals surface area (Å²) in [4.78, 5) is 31.8. The molecule has 1 atom stereocenters. The number of methoxy groups -OCH3 is 3. The van der Waals surface area contributed by atoms with Crippen molar-refractivity contribution in [2.24, 2.45) is 0 Å². The molecule has 1 saturated heterocycles. The minimum Gasteiger partial charge on any atom is -0.493 e. The molecule has 8 nitrogen and oxygen atoms in total. The van der Waals surface area contributed by atoms with Crippen LogP contribution in [0.15, 0.2) is 71.1 Å². The number of ether oxygens (including phenoxy) is 4. The summed E-state index contributed by atoms with van der Waals surface area (Å²) in [6.07, 6.45) is 4.92. The van der Waals surface area contributed by atoms with E-state index in [9.17, 15) is 9.59 Å². The molecule has 2 aliphatic rings. The van der Waals surface area contributed by atoms with Crippen molar-refractivity contribution in [2.45, 2.75) is 51.9 Å². The highest BCUT2D eigenvalue weighted by Gasteiger charge is 2.40. The number of allylic oxidation sites excluding steroid dienone is 2.